The predicted molar refractivity (Wildman–Crippen MR) is 97.5 cm³/mol. The number of benzene rings is 2. The summed E-state index contributed by atoms with van der Waals surface area (Å²) < 4.78 is 11.1. The van der Waals surface area contributed by atoms with Gasteiger partial charge in [0.05, 0.1) is 9.95 Å². The van der Waals surface area contributed by atoms with E-state index >= 15 is 0 Å². The van der Waals surface area contributed by atoms with Gasteiger partial charge in [0.2, 0.25) is 0 Å². The van der Waals surface area contributed by atoms with E-state index in [2.05, 4.69) is 10.2 Å². The Morgan fingerprint density at radius 1 is 1.27 bits per heavy atom. The second kappa shape index (κ2) is 8.20. The van der Waals surface area contributed by atoms with Gasteiger partial charge < -0.3 is 9.15 Å². The van der Waals surface area contributed by atoms with E-state index in [1.165, 1.54) is 23.9 Å². The van der Waals surface area contributed by atoms with E-state index in [1.54, 1.807) is 18.2 Å². The molecule has 7 nitrogen and oxygen atoms in total. The minimum atomic E-state index is -0.419. The maximum Gasteiger partial charge on any atom is 0.277 e. The largest absolute Gasteiger partial charge is 0.482 e. The van der Waals surface area contributed by atoms with Gasteiger partial charge in [-0.2, -0.15) is 0 Å². The van der Waals surface area contributed by atoms with Crippen LogP contribution in [0.2, 0.25) is 5.02 Å². The molecule has 1 heterocycles. The number of rotatable bonds is 7. The van der Waals surface area contributed by atoms with E-state index in [1.807, 2.05) is 25.1 Å². The molecular formula is C17H14ClN3O4S. The van der Waals surface area contributed by atoms with Crippen LogP contribution in [-0.4, -0.2) is 15.1 Å². The Bertz CT molecular complexity index is 918. The molecular weight excluding hydrogens is 378 g/mol. The molecule has 0 fully saturated rings. The lowest BCUT2D eigenvalue weighted by Gasteiger charge is -2.08. The third kappa shape index (κ3) is 4.53. The number of thioether (sulfide) groups is 1. The van der Waals surface area contributed by atoms with E-state index in [-0.39, 0.29) is 17.5 Å². The topological polar surface area (TPSA) is 91.3 Å². The van der Waals surface area contributed by atoms with Crippen LogP contribution in [0.1, 0.15) is 23.6 Å². The van der Waals surface area contributed by atoms with Crippen molar-refractivity contribution in [2.75, 3.05) is 0 Å². The summed E-state index contributed by atoms with van der Waals surface area (Å²) in [6.07, 6.45) is 0. The first kappa shape index (κ1) is 18.2. The zero-order valence-corrected chi connectivity index (χ0v) is 15.2. The van der Waals surface area contributed by atoms with E-state index in [0.29, 0.717) is 21.9 Å². The molecule has 0 aliphatic heterocycles. The fraction of sp³-hybridized carbons (Fsp3) is 0.176. The van der Waals surface area contributed by atoms with Crippen molar-refractivity contribution in [2.45, 2.75) is 24.0 Å². The molecule has 26 heavy (non-hydrogen) atoms. The van der Waals surface area contributed by atoms with Crippen LogP contribution < -0.4 is 4.74 Å². The van der Waals surface area contributed by atoms with Crippen LogP contribution in [0.3, 0.4) is 0 Å². The molecule has 3 aromatic rings. The van der Waals surface area contributed by atoms with Crippen molar-refractivity contribution in [3.63, 3.8) is 0 Å². The Morgan fingerprint density at radius 2 is 2.08 bits per heavy atom. The zero-order chi connectivity index (χ0) is 18.5. The van der Waals surface area contributed by atoms with Crippen molar-refractivity contribution in [2.24, 2.45) is 0 Å². The molecule has 1 atom stereocenters. The summed E-state index contributed by atoms with van der Waals surface area (Å²) in [6, 6.07) is 13.6. The number of ether oxygens (including phenoxy) is 1. The molecule has 0 bridgehead atoms. The van der Waals surface area contributed by atoms with Gasteiger partial charge in [-0.25, -0.2) is 0 Å². The lowest BCUT2D eigenvalue weighted by molar-refractivity contribution is -0.384. The first-order chi connectivity index (χ1) is 12.5. The molecule has 0 saturated carbocycles. The van der Waals surface area contributed by atoms with E-state index in [4.69, 9.17) is 20.8 Å². The van der Waals surface area contributed by atoms with Gasteiger partial charge in [-0.05, 0) is 24.6 Å². The monoisotopic (exact) mass is 391 g/mol. The highest BCUT2D eigenvalue weighted by atomic mass is 35.5. The molecule has 0 aliphatic rings. The van der Waals surface area contributed by atoms with Crippen molar-refractivity contribution in [3.05, 3.63) is 75.1 Å². The highest BCUT2D eigenvalue weighted by Crippen LogP contribution is 2.35. The van der Waals surface area contributed by atoms with Crippen molar-refractivity contribution < 1.29 is 14.1 Å². The summed E-state index contributed by atoms with van der Waals surface area (Å²) in [5, 5.41) is 19.6. The van der Waals surface area contributed by atoms with Gasteiger partial charge >= 0.3 is 0 Å². The predicted octanol–water partition coefficient (Wildman–Crippen LogP) is 5.06. The van der Waals surface area contributed by atoms with Crippen LogP contribution in [0.25, 0.3) is 0 Å². The van der Waals surface area contributed by atoms with Crippen LogP contribution >= 0.6 is 23.4 Å². The third-order valence-corrected chi connectivity index (χ3v) is 4.77. The fourth-order valence-electron chi connectivity index (χ4n) is 2.16. The first-order valence-corrected chi connectivity index (χ1v) is 8.89. The van der Waals surface area contributed by atoms with Gasteiger partial charge in [-0.15, -0.1) is 10.2 Å². The molecule has 0 unspecified atom stereocenters. The number of hydrogen-bond donors (Lipinski definition) is 0. The van der Waals surface area contributed by atoms with Crippen LogP contribution in [0, 0.1) is 10.1 Å². The Morgan fingerprint density at radius 3 is 2.85 bits per heavy atom. The quantitative estimate of drug-likeness (QED) is 0.315. The molecule has 1 aromatic heterocycles. The number of nitrogens with zero attached hydrogens (tertiary/aromatic N) is 3. The van der Waals surface area contributed by atoms with Crippen molar-refractivity contribution in [1.29, 1.82) is 0 Å². The molecule has 3 rings (SSSR count). The number of para-hydroxylation sites is 1. The van der Waals surface area contributed by atoms with E-state index in [0.717, 1.165) is 5.56 Å². The molecule has 0 aliphatic carbocycles. The molecule has 0 radical (unpaired) electrons. The SMILES string of the molecule is C[C@H](Sc1nnc(COc2ccccc2Cl)o1)c1cccc([N+](=O)[O-])c1. The lowest BCUT2D eigenvalue weighted by atomic mass is 10.1. The minimum absolute atomic E-state index is 0.0503. The highest BCUT2D eigenvalue weighted by Gasteiger charge is 2.16. The second-order valence-corrected chi connectivity index (χ2v) is 6.99. The van der Waals surface area contributed by atoms with Gasteiger partial charge in [0.15, 0.2) is 6.61 Å². The van der Waals surface area contributed by atoms with Crippen LogP contribution in [-0.2, 0) is 6.61 Å². The maximum atomic E-state index is 10.9. The van der Waals surface area contributed by atoms with Crippen LogP contribution in [0.15, 0.2) is 58.2 Å². The molecule has 0 amide bonds. The number of nitro benzene ring substituents is 1. The fourth-order valence-corrected chi connectivity index (χ4v) is 3.16. The van der Waals surface area contributed by atoms with Gasteiger partial charge in [0.25, 0.3) is 16.8 Å². The molecule has 0 spiro atoms. The average molecular weight is 392 g/mol. The molecule has 0 saturated heterocycles. The summed E-state index contributed by atoms with van der Waals surface area (Å²) in [5.74, 6) is 0.852. The van der Waals surface area contributed by atoms with Gasteiger partial charge in [-0.3, -0.25) is 10.1 Å². The van der Waals surface area contributed by atoms with E-state index < -0.39 is 4.92 Å². The number of hydrogen-bond acceptors (Lipinski definition) is 7. The average Bonchev–Trinajstić information content (AvgIpc) is 3.08. The number of nitro groups is 1. The minimum Gasteiger partial charge on any atom is -0.482 e. The Balaban J connectivity index is 1.62. The van der Waals surface area contributed by atoms with Crippen molar-refractivity contribution in [1.82, 2.24) is 10.2 Å². The Hall–Kier alpha value is -2.58. The first-order valence-electron chi connectivity index (χ1n) is 7.63. The number of aromatic nitrogens is 2. The smallest absolute Gasteiger partial charge is 0.277 e. The number of non-ortho nitro benzene ring substituents is 1. The summed E-state index contributed by atoms with van der Waals surface area (Å²) in [5.41, 5.74) is 0.852. The van der Waals surface area contributed by atoms with Crippen LogP contribution in [0.5, 0.6) is 5.75 Å². The summed E-state index contributed by atoms with van der Waals surface area (Å²) in [6.45, 7) is 2.01. The summed E-state index contributed by atoms with van der Waals surface area (Å²) >= 11 is 7.34. The van der Waals surface area contributed by atoms with Crippen LogP contribution in [0.4, 0.5) is 5.69 Å². The number of halogens is 1. The van der Waals surface area contributed by atoms with Gasteiger partial charge in [0, 0.05) is 17.4 Å². The summed E-state index contributed by atoms with van der Waals surface area (Å²) in [7, 11) is 0. The maximum absolute atomic E-state index is 10.9. The Labute approximate surface area is 158 Å². The molecule has 9 heteroatoms. The zero-order valence-electron chi connectivity index (χ0n) is 13.7. The van der Waals surface area contributed by atoms with Crippen molar-refractivity contribution in [3.8, 4) is 5.75 Å². The molecule has 0 N–H and O–H groups in total. The van der Waals surface area contributed by atoms with E-state index in [9.17, 15) is 10.1 Å². The Kier molecular flexibility index (Phi) is 5.75. The highest BCUT2D eigenvalue weighted by molar-refractivity contribution is 7.99. The van der Waals surface area contributed by atoms with Gasteiger partial charge in [0.1, 0.15) is 5.75 Å². The lowest BCUT2D eigenvalue weighted by Crippen LogP contribution is -1.96. The van der Waals surface area contributed by atoms with Gasteiger partial charge in [-0.1, -0.05) is 47.6 Å². The normalized spacial score (nSPS) is 11.9. The summed E-state index contributed by atoms with van der Waals surface area (Å²) in [4.78, 5) is 10.5. The second-order valence-electron chi connectivity index (χ2n) is 5.29. The van der Waals surface area contributed by atoms with Crippen molar-refractivity contribution >= 4 is 29.1 Å². The third-order valence-electron chi connectivity index (χ3n) is 3.46. The standard InChI is InChI=1S/C17H14ClN3O4S/c1-11(12-5-4-6-13(9-12)21(22)23)26-17-20-19-16(25-17)10-24-15-8-3-2-7-14(15)18/h2-9,11H,10H2,1H3/t11-/m0/s1. The molecule has 134 valence electrons. The molecule has 2 aromatic carbocycles.